The Morgan fingerprint density at radius 1 is 1.00 bits per heavy atom. The van der Waals surface area contributed by atoms with E-state index >= 15 is 0 Å². The zero-order valence-corrected chi connectivity index (χ0v) is 15.9. The van der Waals surface area contributed by atoms with Crippen molar-refractivity contribution in [3.05, 3.63) is 0 Å². The van der Waals surface area contributed by atoms with E-state index in [2.05, 4.69) is 0 Å². The fourth-order valence-corrected chi connectivity index (χ4v) is 3.28. The monoisotopic (exact) mass is 353 g/mol. The van der Waals surface area contributed by atoms with Crippen LogP contribution in [0.4, 0.5) is 4.79 Å². The van der Waals surface area contributed by atoms with Gasteiger partial charge in [-0.15, -0.1) is 0 Å². The number of piperidine rings is 1. The van der Waals surface area contributed by atoms with Gasteiger partial charge in [-0.3, -0.25) is 9.59 Å². The first kappa shape index (κ1) is 19.5. The third-order valence-electron chi connectivity index (χ3n) is 4.69. The molecule has 0 aromatic carbocycles. The molecule has 2 heterocycles. The lowest BCUT2D eigenvalue weighted by Gasteiger charge is -2.34. The van der Waals surface area contributed by atoms with Gasteiger partial charge in [0.1, 0.15) is 12.1 Å². The lowest BCUT2D eigenvalue weighted by atomic mass is 9.95. The van der Waals surface area contributed by atoms with Gasteiger partial charge in [0.05, 0.1) is 0 Å². The van der Waals surface area contributed by atoms with Gasteiger partial charge < -0.3 is 19.4 Å². The summed E-state index contributed by atoms with van der Waals surface area (Å²) < 4.78 is 5.26. The standard InChI is InChI=1S/C18H31N3O4/c1-18(2,3)25-17(24)19(4)13-15(22)20-11-7-14(8-12-20)16(23)21-9-5-6-10-21/h14H,5-13H2,1-4H3. The second-order valence-electron chi connectivity index (χ2n) is 8.02. The first-order chi connectivity index (χ1) is 11.7. The Morgan fingerprint density at radius 3 is 2.08 bits per heavy atom. The van der Waals surface area contributed by atoms with Crippen molar-refractivity contribution in [1.29, 1.82) is 0 Å². The molecular formula is C18H31N3O4. The third-order valence-corrected chi connectivity index (χ3v) is 4.69. The lowest BCUT2D eigenvalue weighted by Crippen LogP contribution is -2.47. The van der Waals surface area contributed by atoms with Gasteiger partial charge in [0.25, 0.3) is 0 Å². The van der Waals surface area contributed by atoms with Crippen LogP contribution < -0.4 is 0 Å². The highest BCUT2D eigenvalue weighted by molar-refractivity contribution is 5.83. The van der Waals surface area contributed by atoms with Crippen LogP contribution in [0.5, 0.6) is 0 Å². The highest BCUT2D eigenvalue weighted by atomic mass is 16.6. The molecule has 142 valence electrons. The molecule has 0 unspecified atom stereocenters. The largest absolute Gasteiger partial charge is 0.444 e. The minimum Gasteiger partial charge on any atom is -0.444 e. The van der Waals surface area contributed by atoms with Crippen molar-refractivity contribution in [2.45, 2.75) is 52.1 Å². The molecule has 0 bridgehead atoms. The summed E-state index contributed by atoms with van der Waals surface area (Å²) in [6.07, 6.45) is 3.11. The molecule has 0 aromatic heterocycles. The summed E-state index contributed by atoms with van der Waals surface area (Å²) in [5.74, 6) is 0.182. The number of likely N-dealkylation sites (N-methyl/N-ethyl adjacent to an activating group) is 1. The minimum atomic E-state index is -0.581. The van der Waals surface area contributed by atoms with Gasteiger partial charge in [0.2, 0.25) is 11.8 Å². The molecule has 2 saturated heterocycles. The van der Waals surface area contributed by atoms with E-state index in [1.807, 2.05) is 4.90 Å². The third kappa shape index (κ3) is 5.61. The summed E-state index contributed by atoms with van der Waals surface area (Å²) in [7, 11) is 1.57. The van der Waals surface area contributed by atoms with Gasteiger partial charge in [-0.05, 0) is 46.5 Å². The van der Waals surface area contributed by atoms with E-state index in [1.165, 1.54) is 4.90 Å². The average Bonchev–Trinajstić information content (AvgIpc) is 3.07. The molecule has 7 nitrogen and oxygen atoms in total. The number of hydrogen-bond donors (Lipinski definition) is 0. The molecule has 2 fully saturated rings. The normalized spacial score (nSPS) is 19.0. The maximum absolute atomic E-state index is 12.4. The molecule has 25 heavy (non-hydrogen) atoms. The Hall–Kier alpha value is -1.79. The van der Waals surface area contributed by atoms with E-state index in [0.29, 0.717) is 25.9 Å². The topological polar surface area (TPSA) is 70.2 Å². The van der Waals surface area contributed by atoms with Crippen molar-refractivity contribution in [3.8, 4) is 0 Å². The molecule has 0 saturated carbocycles. The number of carbonyl (C=O) groups excluding carboxylic acids is 3. The summed E-state index contributed by atoms with van der Waals surface area (Å²) in [5.41, 5.74) is -0.581. The summed E-state index contributed by atoms with van der Waals surface area (Å²) in [6.45, 7) is 8.28. The van der Waals surface area contributed by atoms with Crippen molar-refractivity contribution in [2.24, 2.45) is 5.92 Å². The molecule has 0 aromatic rings. The van der Waals surface area contributed by atoms with Gasteiger partial charge in [0, 0.05) is 39.1 Å². The average molecular weight is 353 g/mol. The number of ether oxygens (including phenoxy) is 1. The van der Waals surface area contributed by atoms with E-state index in [1.54, 1.807) is 32.7 Å². The van der Waals surface area contributed by atoms with Crippen molar-refractivity contribution in [3.63, 3.8) is 0 Å². The molecule has 2 rings (SSSR count). The zero-order chi connectivity index (χ0) is 18.6. The Kier molecular flexibility index (Phi) is 6.30. The number of nitrogens with zero attached hydrogens (tertiary/aromatic N) is 3. The van der Waals surface area contributed by atoms with Crippen LogP contribution in [-0.2, 0) is 14.3 Å². The lowest BCUT2D eigenvalue weighted by molar-refractivity contribution is -0.140. The number of carbonyl (C=O) groups is 3. The van der Waals surface area contributed by atoms with Crippen LogP contribution in [0.2, 0.25) is 0 Å². The molecule has 2 aliphatic heterocycles. The van der Waals surface area contributed by atoms with Crippen molar-refractivity contribution >= 4 is 17.9 Å². The number of rotatable bonds is 3. The number of hydrogen-bond acceptors (Lipinski definition) is 4. The summed E-state index contributed by atoms with van der Waals surface area (Å²) in [5, 5.41) is 0. The highest BCUT2D eigenvalue weighted by Crippen LogP contribution is 2.22. The van der Waals surface area contributed by atoms with Gasteiger partial charge in [-0.2, -0.15) is 0 Å². The molecule has 3 amide bonds. The first-order valence-corrected chi connectivity index (χ1v) is 9.18. The maximum Gasteiger partial charge on any atom is 0.410 e. The van der Waals surface area contributed by atoms with Crippen molar-refractivity contribution in [1.82, 2.24) is 14.7 Å². The second kappa shape index (κ2) is 8.06. The molecule has 0 N–H and O–H groups in total. The first-order valence-electron chi connectivity index (χ1n) is 9.18. The quantitative estimate of drug-likeness (QED) is 0.774. The zero-order valence-electron chi connectivity index (χ0n) is 15.9. The van der Waals surface area contributed by atoms with Crippen LogP contribution in [-0.4, -0.2) is 78.0 Å². The summed E-state index contributed by atoms with van der Waals surface area (Å²) in [4.78, 5) is 41.8. The predicted octanol–water partition coefficient (Wildman–Crippen LogP) is 1.71. The fraction of sp³-hybridized carbons (Fsp3) is 0.833. The van der Waals surface area contributed by atoms with Crippen LogP contribution in [0.1, 0.15) is 46.5 Å². The predicted molar refractivity (Wildman–Crippen MR) is 94.0 cm³/mol. The molecule has 0 spiro atoms. The fourth-order valence-electron chi connectivity index (χ4n) is 3.28. The van der Waals surface area contributed by atoms with Crippen LogP contribution in [0.3, 0.4) is 0 Å². The van der Waals surface area contributed by atoms with Crippen LogP contribution in [0.15, 0.2) is 0 Å². The van der Waals surface area contributed by atoms with E-state index in [4.69, 9.17) is 4.74 Å². The Balaban J connectivity index is 1.77. The van der Waals surface area contributed by atoms with Gasteiger partial charge in [-0.1, -0.05) is 0 Å². The SMILES string of the molecule is CN(CC(=O)N1CCC(C(=O)N2CCCC2)CC1)C(=O)OC(C)(C)C. The van der Waals surface area contributed by atoms with Gasteiger partial charge in [-0.25, -0.2) is 4.79 Å². The van der Waals surface area contributed by atoms with Crippen molar-refractivity contribution < 1.29 is 19.1 Å². The summed E-state index contributed by atoms with van der Waals surface area (Å²) >= 11 is 0. The highest BCUT2D eigenvalue weighted by Gasteiger charge is 2.32. The molecular weight excluding hydrogens is 322 g/mol. The van der Waals surface area contributed by atoms with Gasteiger partial charge in [0.15, 0.2) is 0 Å². The summed E-state index contributed by atoms with van der Waals surface area (Å²) in [6, 6.07) is 0. The van der Waals surface area contributed by atoms with Crippen molar-refractivity contribution in [2.75, 3.05) is 39.8 Å². The number of likely N-dealkylation sites (tertiary alicyclic amines) is 2. The minimum absolute atomic E-state index is 0.000346. The molecule has 7 heteroatoms. The Bertz CT molecular complexity index is 501. The van der Waals surface area contributed by atoms with E-state index < -0.39 is 11.7 Å². The molecule has 0 atom stereocenters. The molecule has 0 radical (unpaired) electrons. The van der Waals surface area contributed by atoms with Gasteiger partial charge >= 0.3 is 6.09 Å². The van der Waals surface area contributed by atoms with Crippen LogP contribution >= 0.6 is 0 Å². The second-order valence-corrected chi connectivity index (χ2v) is 8.02. The molecule has 2 aliphatic rings. The van der Waals surface area contributed by atoms with Crippen LogP contribution in [0, 0.1) is 5.92 Å². The van der Waals surface area contributed by atoms with E-state index in [-0.39, 0.29) is 24.3 Å². The Labute approximate surface area is 150 Å². The number of amides is 3. The smallest absolute Gasteiger partial charge is 0.410 e. The molecule has 0 aliphatic carbocycles. The Morgan fingerprint density at radius 2 is 1.56 bits per heavy atom. The van der Waals surface area contributed by atoms with E-state index in [0.717, 1.165) is 25.9 Å². The van der Waals surface area contributed by atoms with E-state index in [9.17, 15) is 14.4 Å². The van der Waals surface area contributed by atoms with Crippen LogP contribution in [0.25, 0.3) is 0 Å². The maximum atomic E-state index is 12.4.